The standard InChI is InChI=1S/C16H20BrClN2O/c17-12-10-11(6-7-13(12)18)16(21)20-9-2-1-5-15(20)14-4-3-8-19-14/h6-7,10,14-15,19H,1-5,8-9H2. The van der Waals surface area contributed by atoms with E-state index in [4.69, 9.17) is 11.6 Å². The number of halogens is 2. The van der Waals surface area contributed by atoms with Crippen molar-refractivity contribution in [1.82, 2.24) is 10.2 Å². The van der Waals surface area contributed by atoms with E-state index in [1.807, 2.05) is 12.1 Å². The molecule has 1 aromatic carbocycles. The zero-order valence-corrected chi connectivity index (χ0v) is 14.3. The Hall–Kier alpha value is -0.580. The van der Waals surface area contributed by atoms with Gasteiger partial charge in [-0.3, -0.25) is 4.79 Å². The summed E-state index contributed by atoms with van der Waals surface area (Å²) in [6.45, 7) is 1.94. The van der Waals surface area contributed by atoms with E-state index in [2.05, 4.69) is 26.1 Å². The van der Waals surface area contributed by atoms with E-state index in [1.54, 1.807) is 6.07 Å². The molecule has 2 aliphatic heterocycles. The molecule has 2 aliphatic rings. The van der Waals surface area contributed by atoms with Gasteiger partial charge < -0.3 is 10.2 Å². The molecule has 2 unspecified atom stereocenters. The summed E-state index contributed by atoms with van der Waals surface area (Å²) in [7, 11) is 0. The number of carbonyl (C=O) groups excluding carboxylic acids is 1. The molecule has 0 aromatic heterocycles. The van der Waals surface area contributed by atoms with Crippen molar-refractivity contribution in [1.29, 1.82) is 0 Å². The molecule has 3 rings (SSSR count). The topological polar surface area (TPSA) is 32.3 Å². The van der Waals surface area contributed by atoms with Crippen molar-refractivity contribution < 1.29 is 4.79 Å². The van der Waals surface area contributed by atoms with Crippen LogP contribution in [0.1, 0.15) is 42.5 Å². The highest BCUT2D eigenvalue weighted by Crippen LogP contribution is 2.28. The van der Waals surface area contributed by atoms with Crippen molar-refractivity contribution in [3.63, 3.8) is 0 Å². The molecule has 2 heterocycles. The van der Waals surface area contributed by atoms with Crippen LogP contribution in [0.3, 0.4) is 0 Å². The summed E-state index contributed by atoms with van der Waals surface area (Å²) >= 11 is 9.43. The molecule has 0 saturated carbocycles. The number of hydrogen-bond donors (Lipinski definition) is 1. The summed E-state index contributed by atoms with van der Waals surface area (Å²) in [5.41, 5.74) is 0.719. The van der Waals surface area contributed by atoms with Gasteiger partial charge in [0.1, 0.15) is 0 Å². The fraction of sp³-hybridized carbons (Fsp3) is 0.562. The van der Waals surface area contributed by atoms with Gasteiger partial charge in [0, 0.05) is 28.7 Å². The molecule has 2 saturated heterocycles. The van der Waals surface area contributed by atoms with Crippen molar-refractivity contribution in [2.75, 3.05) is 13.1 Å². The van der Waals surface area contributed by atoms with E-state index in [9.17, 15) is 4.79 Å². The predicted octanol–water partition coefficient (Wildman–Crippen LogP) is 3.85. The minimum atomic E-state index is 0.130. The molecule has 0 spiro atoms. The lowest BCUT2D eigenvalue weighted by molar-refractivity contribution is 0.0563. The molecule has 0 bridgehead atoms. The number of piperidine rings is 1. The third kappa shape index (κ3) is 3.27. The van der Waals surface area contributed by atoms with Gasteiger partial charge in [0.15, 0.2) is 0 Å². The van der Waals surface area contributed by atoms with Crippen molar-refractivity contribution >= 4 is 33.4 Å². The number of rotatable bonds is 2. The molecule has 1 aromatic rings. The van der Waals surface area contributed by atoms with E-state index < -0.39 is 0 Å². The molecule has 21 heavy (non-hydrogen) atoms. The molecule has 3 nitrogen and oxygen atoms in total. The Kier molecular flexibility index (Phi) is 4.87. The molecule has 2 fully saturated rings. The van der Waals surface area contributed by atoms with Crippen LogP contribution >= 0.6 is 27.5 Å². The van der Waals surface area contributed by atoms with Crippen LogP contribution in [0.25, 0.3) is 0 Å². The molecular weight excluding hydrogens is 352 g/mol. The number of nitrogens with zero attached hydrogens (tertiary/aromatic N) is 1. The minimum Gasteiger partial charge on any atom is -0.334 e. The first-order valence-electron chi connectivity index (χ1n) is 7.66. The molecule has 5 heteroatoms. The number of nitrogens with one attached hydrogen (secondary N) is 1. The summed E-state index contributed by atoms with van der Waals surface area (Å²) in [5, 5.41) is 4.20. The Morgan fingerprint density at radius 1 is 1.29 bits per heavy atom. The largest absolute Gasteiger partial charge is 0.334 e. The maximum atomic E-state index is 12.9. The Morgan fingerprint density at radius 3 is 2.86 bits per heavy atom. The number of carbonyl (C=O) groups is 1. The van der Waals surface area contributed by atoms with Gasteiger partial charge >= 0.3 is 0 Å². The Balaban J connectivity index is 1.81. The second kappa shape index (κ2) is 6.67. The second-order valence-corrected chi connectivity index (χ2v) is 7.15. The SMILES string of the molecule is O=C(c1ccc(Cl)c(Br)c1)N1CCCCC1C1CCCN1. The van der Waals surface area contributed by atoms with Gasteiger partial charge in [-0.05, 0) is 72.8 Å². The first kappa shape index (κ1) is 15.3. The van der Waals surface area contributed by atoms with Crippen molar-refractivity contribution in [2.45, 2.75) is 44.2 Å². The number of likely N-dealkylation sites (tertiary alicyclic amines) is 1. The van der Waals surface area contributed by atoms with Gasteiger partial charge in [0.05, 0.1) is 5.02 Å². The zero-order chi connectivity index (χ0) is 14.8. The smallest absolute Gasteiger partial charge is 0.254 e. The van der Waals surface area contributed by atoms with Crippen LogP contribution in [0.15, 0.2) is 22.7 Å². The normalized spacial score (nSPS) is 26.1. The third-order valence-corrected chi connectivity index (χ3v) is 5.75. The highest BCUT2D eigenvalue weighted by Gasteiger charge is 2.34. The van der Waals surface area contributed by atoms with Crippen LogP contribution in [0.2, 0.25) is 5.02 Å². The first-order valence-corrected chi connectivity index (χ1v) is 8.83. The summed E-state index contributed by atoms with van der Waals surface area (Å²) in [4.78, 5) is 14.9. The van der Waals surface area contributed by atoms with Gasteiger partial charge in [0.2, 0.25) is 0 Å². The average molecular weight is 372 g/mol. The maximum Gasteiger partial charge on any atom is 0.254 e. The van der Waals surface area contributed by atoms with E-state index in [1.165, 1.54) is 19.3 Å². The Labute approximate surface area is 139 Å². The fourth-order valence-electron chi connectivity index (χ4n) is 3.46. The van der Waals surface area contributed by atoms with Gasteiger partial charge in [-0.25, -0.2) is 0 Å². The predicted molar refractivity (Wildman–Crippen MR) is 88.9 cm³/mol. The molecule has 114 valence electrons. The summed E-state index contributed by atoms with van der Waals surface area (Å²) < 4.78 is 0.780. The lowest BCUT2D eigenvalue weighted by Crippen LogP contribution is -2.52. The number of amides is 1. The second-order valence-electron chi connectivity index (χ2n) is 5.89. The number of benzene rings is 1. The van der Waals surface area contributed by atoms with Gasteiger partial charge in [-0.15, -0.1) is 0 Å². The summed E-state index contributed by atoms with van der Waals surface area (Å²) in [6, 6.07) is 6.24. The van der Waals surface area contributed by atoms with E-state index in [0.29, 0.717) is 17.1 Å². The third-order valence-electron chi connectivity index (χ3n) is 4.54. The lowest BCUT2D eigenvalue weighted by Gasteiger charge is -2.39. The minimum absolute atomic E-state index is 0.130. The van der Waals surface area contributed by atoms with Gasteiger partial charge in [-0.1, -0.05) is 11.6 Å². The van der Waals surface area contributed by atoms with Crippen molar-refractivity contribution in [3.05, 3.63) is 33.3 Å². The highest BCUT2D eigenvalue weighted by atomic mass is 79.9. The van der Waals surface area contributed by atoms with Crippen LogP contribution in [-0.4, -0.2) is 36.0 Å². The van der Waals surface area contributed by atoms with Crippen LogP contribution in [0, 0.1) is 0 Å². The van der Waals surface area contributed by atoms with Crippen molar-refractivity contribution in [2.24, 2.45) is 0 Å². The molecule has 1 amide bonds. The molecular formula is C16H20BrClN2O. The summed E-state index contributed by atoms with van der Waals surface area (Å²) in [6.07, 6.45) is 5.83. The van der Waals surface area contributed by atoms with Gasteiger partial charge in [-0.2, -0.15) is 0 Å². The Bertz CT molecular complexity index is 531. The fourth-order valence-corrected chi connectivity index (χ4v) is 3.96. The first-order chi connectivity index (χ1) is 10.2. The zero-order valence-electron chi connectivity index (χ0n) is 11.9. The monoisotopic (exact) mass is 370 g/mol. The quantitative estimate of drug-likeness (QED) is 0.856. The summed E-state index contributed by atoms with van der Waals surface area (Å²) in [5.74, 6) is 0.130. The van der Waals surface area contributed by atoms with E-state index in [0.717, 1.165) is 36.0 Å². The van der Waals surface area contributed by atoms with Crippen LogP contribution in [0.4, 0.5) is 0 Å². The van der Waals surface area contributed by atoms with Crippen LogP contribution in [0.5, 0.6) is 0 Å². The highest BCUT2D eigenvalue weighted by molar-refractivity contribution is 9.10. The van der Waals surface area contributed by atoms with E-state index >= 15 is 0 Å². The Morgan fingerprint density at radius 2 is 2.14 bits per heavy atom. The number of hydrogen-bond acceptors (Lipinski definition) is 2. The molecule has 1 N–H and O–H groups in total. The molecule has 0 aliphatic carbocycles. The molecule has 0 radical (unpaired) electrons. The van der Waals surface area contributed by atoms with Crippen molar-refractivity contribution in [3.8, 4) is 0 Å². The van der Waals surface area contributed by atoms with Gasteiger partial charge in [0.25, 0.3) is 5.91 Å². The molecule has 2 atom stereocenters. The maximum absolute atomic E-state index is 12.9. The lowest BCUT2D eigenvalue weighted by atomic mass is 9.93. The van der Waals surface area contributed by atoms with E-state index in [-0.39, 0.29) is 5.91 Å². The average Bonchev–Trinajstić information content (AvgIpc) is 3.03. The van der Waals surface area contributed by atoms with Crippen LogP contribution < -0.4 is 5.32 Å². The van der Waals surface area contributed by atoms with Crippen LogP contribution in [-0.2, 0) is 0 Å².